The highest BCUT2D eigenvalue weighted by atomic mass is 32.2. The van der Waals surface area contributed by atoms with Gasteiger partial charge in [0.05, 0.1) is 31.9 Å². The normalized spacial score (nSPS) is 16.8. The van der Waals surface area contributed by atoms with E-state index in [0.717, 1.165) is 49.1 Å². The van der Waals surface area contributed by atoms with Crippen molar-refractivity contribution >= 4 is 17.7 Å². The fourth-order valence-corrected chi connectivity index (χ4v) is 3.76. The average Bonchev–Trinajstić information content (AvgIpc) is 3.32. The minimum absolute atomic E-state index is 0.252. The highest BCUT2D eigenvalue weighted by molar-refractivity contribution is 7.98. The molecule has 1 aromatic heterocycles. The van der Waals surface area contributed by atoms with Crippen molar-refractivity contribution in [2.45, 2.75) is 43.7 Å². The lowest BCUT2D eigenvalue weighted by Crippen LogP contribution is -2.23. The molecule has 1 aromatic carbocycles. The summed E-state index contributed by atoms with van der Waals surface area (Å²) >= 11 is 1.61. The smallest absolute Gasteiger partial charge is 0.337 e. The molecular formula is C19H26N4O3S. The first-order valence-corrected chi connectivity index (χ1v) is 10.3. The number of rotatable bonds is 8. The van der Waals surface area contributed by atoms with Crippen LogP contribution in [0.15, 0.2) is 29.4 Å². The minimum atomic E-state index is -0.318. The molecule has 7 nitrogen and oxygen atoms in total. The van der Waals surface area contributed by atoms with Gasteiger partial charge in [-0.25, -0.2) is 4.79 Å². The maximum Gasteiger partial charge on any atom is 0.337 e. The van der Waals surface area contributed by atoms with Gasteiger partial charge in [-0.3, -0.25) is 4.90 Å². The quantitative estimate of drug-likeness (QED) is 0.507. The van der Waals surface area contributed by atoms with Gasteiger partial charge in [-0.2, -0.15) is 0 Å². The summed E-state index contributed by atoms with van der Waals surface area (Å²) in [7, 11) is 3.44. The Morgan fingerprint density at radius 2 is 2.11 bits per heavy atom. The zero-order chi connectivity index (χ0) is 19.2. The van der Waals surface area contributed by atoms with E-state index >= 15 is 0 Å². The van der Waals surface area contributed by atoms with Crippen molar-refractivity contribution in [3.63, 3.8) is 0 Å². The Balaban J connectivity index is 1.64. The van der Waals surface area contributed by atoms with Gasteiger partial charge in [0.2, 0.25) is 0 Å². The molecule has 2 heterocycles. The molecule has 1 fully saturated rings. The van der Waals surface area contributed by atoms with Crippen LogP contribution in [0.1, 0.15) is 34.6 Å². The maximum atomic E-state index is 11.5. The molecule has 1 saturated heterocycles. The summed E-state index contributed by atoms with van der Waals surface area (Å²) < 4.78 is 12.7. The van der Waals surface area contributed by atoms with Crippen LogP contribution >= 0.6 is 11.8 Å². The number of carbonyl (C=O) groups is 1. The van der Waals surface area contributed by atoms with Crippen molar-refractivity contribution in [1.29, 1.82) is 0 Å². The lowest BCUT2D eigenvalue weighted by molar-refractivity contribution is 0.0600. The minimum Gasteiger partial charge on any atom is -0.465 e. The van der Waals surface area contributed by atoms with Crippen LogP contribution in [0.3, 0.4) is 0 Å². The number of carbonyl (C=O) groups excluding carboxylic acids is 1. The Hall–Kier alpha value is -1.90. The van der Waals surface area contributed by atoms with Crippen LogP contribution in [0.25, 0.3) is 0 Å². The predicted octanol–water partition coefficient (Wildman–Crippen LogP) is 2.60. The van der Waals surface area contributed by atoms with Gasteiger partial charge in [0.25, 0.3) is 0 Å². The average molecular weight is 391 g/mol. The second-order valence-corrected chi connectivity index (χ2v) is 7.48. The number of ether oxygens (including phenoxy) is 2. The Morgan fingerprint density at radius 1 is 1.33 bits per heavy atom. The fraction of sp³-hybridized carbons (Fsp3) is 0.526. The largest absolute Gasteiger partial charge is 0.465 e. The molecule has 0 bridgehead atoms. The number of methoxy groups -OCH3 is 1. The van der Waals surface area contributed by atoms with Crippen LogP contribution < -0.4 is 0 Å². The van der Waals surface area contributed by atoms with Gasteiger partial charge in [-0.15, -0.1) is 10.2 Å². The number of aromatic nitrogens is 3. The molecule has 0 N–H and O–H groups in total. The summed E-state index contributed by atoms with van der Waals surface area (Å²) in [6, 6.07) is 7.49. The first kappa shape index (κ1) is 19.9. The van der Waals surface area contributed by atoms with E-state index in [-0.39, 0.29) is 12.1 Å². The lowest BCUT2D eigenvalue weighted by Gasteiger charge is -2.19. The van der Waals surface area contributed by atoms with E-state index in [2.05, 4.69) is 26.7 Å². The molecule has 1 aliphatic rings. The molecule has 0 aliphatic carbocycles. The zero-order valence-electron chi connectivity index (χ0n) is 16.1. The fourth-order valence-electron chi connectivity index (χ4n) is 3.24. The molecule has 1 aliphatic heterocycles. The van der Waals surface area contributed by atoms with Crippen LogP contribution in [0.5, 0.6) is 0 Å². The van der Waals surface area contributed by atoms with E-state index < -0.39 is 0 Å². The number of esters is 1. The molecule has 8 heteroatoms. The van der Waals surface area contributed by atoms with Crippen molar-refractivity contribution in [3.8, 4) is 0 Å². The Labute approximate surface area is 164 Å². The molecule has 3 rings (SSSR count). The summed E-state index contributed by atoms with van der Waals surface area (Å²) in [6.45, 7) is 3.10. The lowest BCUT2D eigenvalue weighted by atomic mass is 10.1. The standard InChI is InChI=1S/C19H26N4O3S/c1-22(11-14-6-8-15(9-7-14)18(24)25-2)13-17-20-21-19(27-3)23(17)12-16-5-4-10-26-16/h6-9,16H,4-5,10-13H2,1-3H3/t16-/m1/s1. The highest BCUT2D eigenvalue weighted by Gasteiger charge is 2.21. The van der Waals surface area contributed by atoms with E-state index in [4.69, 9.17) is 9.47 Å². The second kappa shape index (κ2) is 9.34. The first-order valence-electron chi connectivity index (χ1n) is 9.04. The van der Waals surface area contributed by atoms with Crippen LogP contribution in [0, 0.1) is 0 Å². The summed E-state index contributed by atoms with van der Waals surface area (Å²) in [5.41, 5.74) is 1.69. The van der Waals surface area contributed by atoms with Crippen LogP contribution in [0.4, 0.5) is 0 Å². The Bertz CT molecular complexity index is 757. The van der Waals surface area contributed by atoms with Gasteiger partial charge in [-0.1, -0.05) is 23.9 Å². The van der Waals surface area contributed by atoms with Crippen LogP contribution in [0.2, 0.25) is 0 Å². The SMILES string of the molecule is COC(=O)c1ccc(CN(C)Cc2nnc(SC)n2C[C@H]2CCCO2)cc1. The first-order chi connectivity index (χ1) is 13.1. The Kier molecular flexibility index (Phi) is 6.87. The van der Waals surface area contributed by atoms with Crippen molar-refractivity contribution in [2.75, 3.05) is 27.0 Å². The van der Waals surface area contributed by atoms with E-state index in [1.54, 1.807) is 23.9 Å². The van der Waals surface area contributed by atoms with Gasteiger partial charge >= 0.3 is 5.97 Å². The molecule has 0 spiro atoms. The van der Waals surface area contributed by atoms with Crippen molar-refractivity contribution in [1.82, 2.24) is 19.7 Å². The molecule has 0 amide bonds. The van der Waals surface area contributed by atoms with Gasteiger partial charge in [0, 0.05) is 13.2 Å². The molecule has 0 saturated carbocycles. The molecular weight excluding hydrogens is 364 g/mol. The van der Waals surface area contributed by atoms with E-state index in [9.17, 15) is 4.79 Å². The molecule has 0 unspecified atom stereocenters. The van der Waals surface area contributed by atoms with Gasteiger partial charge < -0.3 is 14.0 Å². The third-order valence-corrected chi connectivity index (χ3v) is 5.29. The van der Waals surface area contributed by atoms with E-state index in [1.807, 2.05) is 18.4 Å². The highest BCUT2D eigenvalue weighted by Crippen LogP contribution is 2.20. The van der Waals surface area contributed by atoms with Crippen molar-refractivity contribution in [2.24, 2.45) is 0 Å². The molecule has 1 atom stereocenters. The number of hydrogen-bond donors (Lipinski definition) is 0. The summed E-state index contributed by atoms with van der Waals surface area (Å²) in [5, 5.41) is 9.64. The number of nitrogens with zero attached hydrogens (tertiary/aromatic N) is 4. The third kappa shape index (κ3) is 5.09. The maximum absolute atomic E-state index is 11.5. The van der Waals surface area contributed by atoms with Gasteiger partial charge in [0.15, 0.2) is 5.16 Å². The Morgan fingerprint density at radius 3 is 2.74 bits per heavy atom. The topological polar surface area (TPSA) is 69.5 Å². The number of benzene rings is 1. The number of hydrogen-bond acceptors (Lipinski definition) is 7. The summed E-state index contributed by atoms with van der Waals surface area (Å²) in [5.74, 6) is 0.630. The predicted molar refractivity (Wildman–Crippen MR) is 104 cm³/mol. The van der Waals surface area contributed by atoms with Gasteiger partial charge in [0.1, 0.15) is 5.82 Å². The third-order valence-electron chi connectivity index (χ3n) is 4.63. The van der Waals surface area contributed by atoms with Crippen LogP contribution in [-0.4, -0.2) is 58.8 Å². The molecule has 146 valence electrons. The van der Waals surface area contributed by atoms with Crippen molar-refractivity contribution < 1.29 is 14.3 Å². The summed E-state index contributed by atoms with van der Waals surface area (Å²) in [6.07, 6.45) is 4.49. The monoisotopic (exact) mass is 390 g/mol. The molecule has 2 aromatic rings. The van der Waals surface area contributed by atoms with Crippen LogP contribution in [-0.2, 0) is 29.1 Å². The zero-order valence-corrected chi connectivity index (χ0v) is 16.9. The van der Waals surface area contributed by atoms with Crippen molar-refractivity contribution in [3.05, 3.63) is 41.2 Å². The summed E-state index contributed by atoms with van der Waals surface area (Å²) in [4.78, 5) is 13.7. The molecule has 27 heavy (non-hydrogen) atoms. The van der Waals surface area contributed by atoms with E-state index in [0.29, 0.717) is 12.1 Å². The number of thioether (sulfide) groups is 1. The molecule has 0 radical (unpaired) electrons. The second-order valence-electron chi connectivity index (χ2n) is 6.71. The van der Waals surface area contributed by atoms with E-state index in [1.165, 1.54) is 7.11 Å². The van der Waals surface area contributed by atoms with Gasteiger partial charge in [-0.05, 0) is 43.8 Å².